The molecule has 1 aromatic heterocycles. The summed E-state index contributed by atoms with van der Waals surface area (Å²) < 4.78 is 10.5. The molecule has 0 aliphatic carbocycles. The van der Waals surface area contributed by atoms with Gasteiger partial charge in [-0.3, -0.25) is 0 Å². The van der Waals surface area contributed by atoms with E-state index in [1.165, 1.54) is 6.33 Å². The summed E-state index contributed by atoms with van der Waals surface area (Å²) >= 11 is 0. The highest BCUT2D eigenvalue weighted by molar-refractivity contribution is 5.40. The van der Waals surface area contributed by atoms with Crippen molar-refractivity contribution in [2.75, 3.05) is 13.7 Å². The lowest BCUT2D eigenvalue weighted by Crippen LogP contribution is -2.04. The molecule has 0 spiro atoms. The normalized spacial score (nSPS) is 14.5. The topological polar surface area (TPSA) is 64.5 Å². The Morgan fingerprint density at radius 1 is 1.35 bits per heavy atom. The van der Waals surface area contributed by atoms with Crippen LogP contribution in [0.1, 0.15) is 22.9 Å². The van der Waals surface area contributed by atoms with Gasteiger partial charge in [0.05, 0.1) is 25.5 Å². The molecule has 0 amide bonds. The maximum Gasteiger partial charge on any atom is 0.216 e. The first-order valence-corrected chi connectivity index (χ1v) is 6.55. The Hall–Kier alpha value is -2.14. The Balaban J connectivity index is 1.77. The van der Waals surface area contributed by atoms with Gasteiger partial charge < -0.3 is 14.6 Å². The minimum atomic E-state index is -0.597. The average Bonchev–Trinajstić information content (AvgIpc) is 2.94. The molecule has 0 saturated heterocycles. The van der Waals surface area contributed by atoms with Gasteiger partial charge in [0.2, 0.25) is 5.88 Å². The first kappa shape index (κ1) is 12.9. The smallest absolute Gasteiger partial charge is 0.216 e. The minimum absolute atomic E-state index is 0.429. The van der Waals surface area contributed by atoms with Crippen LogP contribution in [0.4, 0.5) is 0 Å². The summed E-state index contributed by atoms with van der Waals surface area (Å²) in [5, 5.41) is 10.3. The predicted molar refractivity (Wildman–Crippen MR) is 72.9 cm³/mol. The number of aromatic nitrogens is 2. The van der Waals surface area contributed by atoms with Crippen LogP contribution in [0.5, 0.6) is 11.6 Å². The Labute approximate surface area is 117 Å². The van der Waals surface area contributed by atoms with Crippen molar-refractivity contribution in [3.8, 4) is 11.6 Å². The van der Waals surface area contributed by atoms with Crippen molar-refractivity contribution in [1.82, 2.24) is 9.97 Å². The largest absolute Gasteiger partial charge is 0.493 e. The van der Waals surface area contributed by atoms with E-state index in [4.69, 9.17) is 9.47 Å². The maximum atomic E-state index is 10.3. The zero-order valence-electron chi connectivity index (χ0n) is 11.2. The molecule has 0 fully saturated rings. The lowest BCUT2D eigenvalue weighted by Gasteiger charge is -2.12. The molecular formula is C15H16N2O3. The van der Waals surface area contributed by atoms with E-state index in [1.54, 1.807) is 13.2 Å². The van der Waals surface area contributed by atoms with Gasteiger partial charge in [0.25, 0.3) is 0 Å². The fraction of sp³-hybridized carbons (Fsp3) is 0.333. The molecular weight excluding hydrogens is 256 g/mol. The number of methoxy groups -OCH3 is 1. The molecule has 1 aliphatic heterocycles. The zero-order chi connectivity index (χ0) is 13.9. The van der Waals surface area contributed by atoms with Crippen molar-refractivity contribution in [3.63, 3.8) is 0 Å². The number of hydrogen-bond acceptors (Lipinski definition) is 5. The molecule has 5 heteroatoms. The number of nitrogens with zero attached hydrogens (tertiary/aromatic N) is 2. The summed E-state index contributed by atoms with van der Waals surface area (Å²) in [7, 11) is 1.56. The van der Waals surface area contributed by atoms with Crippen LogP contribution in [0.25, 0.3) is 0 Å². The van der Waals surface area contributed by atoms with Crippen LogP contribution < -0.4 is 9.47 Å². The van der Waals surface area contributed by atoms with Crippen molar-refractivity contribution in [1.29, 1.82) is 0 Å². The number of aliphatic hydroxyl groups is 1. The van der Waals surface area contributed by atoms with Crippen LogP contribution in [0.3, 0.4) is 0 Å². The SMILES string of the molecule is COc1cc(CC(O)c2ccc3c(c2)CCO3)ncn1. The molecule has 3 rings (SSSR count). The lowest BCUT2D eigenvalue weighted by molar-refractivity contribution is 0.177. The monoisotopic (exact) mass is 272 g/mol. The van der Waals surface area contributed by atoms with Crippen molar-refractivity contribution in [2.45, 2.75) is 18.9 Å². The second-order valence-electron chi connectivity index (χ2n) is 4.74. The molecule has 0 bridgehead atoms. The van der Waals surface area contributed by atoms with E-state index in [0.717, 1.165) is 35.6 Å². The number of fused-ring (bicyclic) bond motifs is 1. The molecule has 20 heavy (non-hydrogen) atoms. The van der Waals surface area contributed by atoms with E-state index >= 15 is 0 Å². The molecule has 1 atom stereocenters. The van der Waals surface area contributed by atoms with Crippen molar-refractivity contribution >= 4 is 0 Å². The van der Waals surface area contributed by atoms with E-state index in [1.807, 2.05) is 18.2 Å². The molecule has 104 valence electrons. The van der Waals surface area contributed by atoms with Crippen molar-refractivity contribution < 1.29 is 14.6 Å². The van der Waals surface area contributed by atoms with E-state index in [2.05, 4.69) is 9.97 Å². The van der Waals surface area contributed by atoms with E-state index in [0.29, 0.717) is 12.3 Å². The first-order valence-electron chi connectivity index (χ1n) is 6.55. The number of ether oxygens (including phenoxy) is 2. The van der Waals surface area contributed by atoms with Gasteiger partial charge in [0, 0.05) is 18.9 Å². The molecule has 0 radical (unpaired) electrons. The van der Waals surface area contributed by atoms with Gasteiger partial charge in [-0.05, 0) is 23.3 Å². The van der Waals surface area contributed by atoms with Crippen molar-refractivity contribution in [2.24, 2.45) is 0 Å². The van der Waals surface area contributed by atoms with Gasteiger partial charge in [0.15, 0.2) is 0 Å². The Morgan fingerprint density at radius 2 is 2.25 bits per heavy atom. The van der Waals surface area contributed by atoms with Crippen LogP contribution in [0.2, 0.25) is 0 Å². The summed E-state index contributed by atoms with van der Waals surface area (Å²) in [5.41, 5.74) is 2.79. The van der Waals surface area contributed by atoms with Crippen LogP contribution in [-0.2, 0) is 12.8 Å². The van der Waals surface area contributed by atoms with Crippen LogP contribution >= 0.6 is 0 Å². The summed E-state index contributed by atoms with van der Waals surface area (Å²) in [5.74, 6) is 1.43. The van der Waals surface area contributed by atoms with Crippen LogP contribution in [0.15, 0.2) is 30.6 Å². The third kappa shape index (κ3) is 2.58. The zero-order valence-corrected chi connectivity index (χ0v) is 11.2. The highest BCUT2D eigenvalue weighted by Gasteiger charge is 2.16. The number of benzene rings is 1. The lowest BCUT2D eigenvalue weighted by atomic mass is 10.0. The second-order valence-corrected chi connectivity index (χ2v) is 4.74. The Bertz CT molecular complexity index is 616. The summed E-state index contributed by atoms with van der Waals surface area (Å²) in [6.07, 6.45) is 2.17. The van der Waals surface area contributed by atoms with Crippen molar-refractivity contribution in [3.05, 3.63) is 47.4 Å². The Morgan fingerprint density at radius 3 is 3.10 bits per heavy atom. The van der Waals surface area contributed by atoms with Gasteiger partial charge in [0.1, 0.15) is 12.1 Å². The summed E-state index contributed by atoms with van der Waals surface area (Å²) in [6.45, 7) is 0.720. The first-order chi connectivity index (χ1) is 9.76. The molecule has 2 heterocycles. The fourth-order valence-corrected chi connectivity index (χ4v) is 2.33. The average molecular weight is 272 g/mol. The highest BCUT2D eigenvalue weighted by atomic mass is 16.5. The Kier molecular flexibility index (Phi) is 3.52. The van der Waals surface area contributed by atoms with Crippen LogP contribution in [0, 0.1) is 0 Å². The molecule has 1 aliphatic rings. The molecule has 1 unspecified atom stereocenters. The molecule has 0 saturated carbocycles. The van der Waals surface area contributed by atoms with Gasteiger partial charge in [-0.15, -0.1) is 0 Å². The minimum Gasteiger partial charge on any atom is -0.493 e. The summed E-state index contributed by atoms with van der Waals surface area (Å²) in [6, 6.07) is 7.56. The second kappa shape index (κ2) is 5.46. The molecule has 1 N–H and O–H groups in total. The summed E-state index contributed by atoms with van der Waals surface area (Å²) in [4.78, 5) is 8.10. The molecule has 2 aromatic rings. The number of hydrogen-bond donors (Lipinski definition) is 1. The van der Waals surface area contributed by atoms with E-state index in [9.17, 15) is 5.11 Å². The third-order valence-corrected chi connectivity index (χ3v) is 3.41. The van der Waals surface area contributed by atoms with Gasteiger partial charge in [-0.2, -0.15) is 0 Å². The predicted octanol–water partition coefficient (Wildman–Crippen LogP) is 1.70. The molecule has 1 aromatic carbocycles. The highest BCUT2D eigenvalue weighted by Crippen LogP contribution is 2.29. The van der Waals surface area contributed by atoms with Gasteiger partial charge in [-0.1, -0.05) is 6.07 Å². The number of rotatable bonds is 4. The number of aliphatic hydroxyl groups excluding tert-OH is 1. The third-order valence-electron chi connectivity index (χ3n) is 3.41. The fourth-order valence-electron chi connectivity index (χ4n) is 2.33. The van der Waals surface area contributed by atoms with E-state index in [-0.39, 0.29) is 0 Å². The molecule has 5 nitrogen and oxygen atoms in total. The van der Waals surface area contributed by atoms with Gasteiger partial charge >= 0.3 is 0 Å². The standard InChI is InChI=1S/C15H16N2O3/c1-19-15-8-12(16-9-17-15)7-13(18)10-2-3-14-11(6-10)4-5-20-14/h2-3,6,8-9,13,18H,4-5,7H2,1H3. The van der Waals surface area contributed by atoms with Gasteiger partial charge in [-0.25, -0.2) is 9.97 Å². The quantitative estimate of drug-likeness (QED) is 0.917. The maximum absolute atomic E-state index is 10.3. The van der Waals surface area contributed by atoms with Crippen LogP contribution in [-0.4, -0.2) is 28.8 Å². The van der Waals surface area contributed by atoms with E-state index < -0.39 is 6.10 Å².